The maximum Gasteiger partial charge on any atom is 0.179 e. The zero-order valence-corrected chi connectivity index (χ0v) is 21.1. The van der Waals surface area contributed by atoms with E-state index in [1.807, 2.05) is 30.2 Å². The van der Waals surface area contributed by atoms with E-state index in [4.69, 9.17) is 0 Å². The lowest BCUT2D eigenvalue weighted by Gasteiger charge is -2.15. The van der Waals surface area contributed by atoms with Gasteiger partial charge in [-0.25, -0.2) is 9.97 Å². The molecule has 0 atom stereocenters. The van der Waals surface area contributed by atoms with Crippen LogP contribution in [0.25, 0.3) is 54.6 Å². The fourth-order valence-corrected chi connectivity index (χ4v) is 5.38. The molecular formula is C33H26N4. The van der Waals surface area contributed by atoms with Gasteiger partial charge in [0, 0.05) is 24.5 Å². The second-order valence-corrected chi connectivity index (χ2v) is 9.92. The van der Waals surface area contributed by atoms with Crippen molar-refractivity contribution in [3.8, 4) is 11.1 Å². The fourth-order valence-electron chi connectivity index (χ4n) is 5.38. The molecule has 0 saturated carbocycles. The number of benzene rings is 5. The van der Waals surface area contributed by atoms with Gasteiger partial charge in [0.1, 0.15) is 5.52 Å². The second-order valence-electron chi connectivity index (χ2n) is 9.92. The summed E-state index contributed by atoms with van der Waals surface area (Å²) in [6.45, 7) is 4.36. The van der Waals surface area contributed by atoms with Crippen molar-refractivity contribution in [2.75, 3.05) is 5.32 Å². The number of aryl methyl sites for hydroxylation is 3. The lowest BCUT2D eigenvalue weighted by Crippen LogP contribution is -1.99. The number of nitrogens with zero attached hydrogens (tertiary/aromatic N) is 3. The number of rotatable bonds is 3. The van der Waals surface area contributed by atoms with Gasteiger partial charge in [0.15, 0.2) is 5.65 Å². The van der Waals surface area contributed by atoms with Crippen molar-refractivity contribution in [3.63, 3.8) is 0 Å². The maximum absolute atomic E-state index is 4.64. The van der Waals surface area contributed by atoms with Crippen LogP contribution in [0.5, 0.6) is 0 Å². The fraction of sp³-hybridized carbons (Fsp3) is 0.0909. The van der Waals surface area contributed by atoms with Crippen molar-refractivity contribution in [1.82, 2.24) is 14.5 Å². The minimum atomic E-state index is 0.730. The van der Waals surface area contributed by atoms with Crippen molar-refractivity contribution >= 4 is 54.9 Å². The van der Waals surface area contributed by atoms with E-state index in [9.17, 15) is 0 Å². The molecule has 2 aromatic heterocycles. The van der Waals surface area contributed by atoms with Crippen LogP contribution in [0.3, 0.4) is 0 Å². The first-order valence-electron chi connectivity index (χ1n) is 12.6. The number of anilines is 2. The molecule has 0 aliphatic heterocycles. The summed E-state index contributed by atoms with van der Waals surface area (Å²) in [5, 5.41) is 11.3. The van der Waals surface area contributed by atoms with Gasteiger partial charge in [-0.15, -0.1) is 0 Å². The smallest absolute Gasteiger partial charge is 0.179 e. The van der Waals surface area contributed by atoms with Crippen LogP contribution in [-0.4, -0.2) is 14.5 Å². The molecule has 0 aliphatic rings. The van der Waals surface area contributed by atoms with Crippen molar-refractivity contribution < 1.29 is 0 Å². The van der Waals surface area contributed by atoms with Crippen LogP contribution in [0.4, 0.5) is 11.4 Å². The summed E-state index contributed by atoms with van der Waals surface area (Å²) in [7, 11) is 2.01. The molecule has 0 radical (unpaired) electrons. The molecule has 0 aliphatic carbocycles. The van der Waals surface area contributed by atoms with Gasteiger partial charge >= 0.3 is 0 Å². The molecule has 4 heteroatoms. The van der Waals surface area contributed by atoms with Gasteiger partial charge in [0.05, 0.1) is 12.0 Å². The SMILES string of the molecule is Cc1cc2cc3ccc4ccc(Nc5c(-c6ccccc6)cnc6ncn(C)c56)cc4c3cc2cc1C. The van der Waals surface area contributed by atoms with Crippen molar-refractivity contribution in [2.45, 2.75) is 13.8 Å². The largest absolute Gasteiger partial charge is 0.353 e. The first-order valence-corrected chi connectivity index (χ1v) is 12.6. The predicted molar refractivity (Wildman–Crippen MR) is 156 cm³/mol. The normalized spacial score (nSPS) is 11.6. The van der Waals surface area contributed by atoms with Crippen LogP contribution < -0.4 is 5.32 Å². The van der Waals surface area contributed by atoms with Crippen molar-refractivity contribution in [3.05, 3.63) is 109 Å². The molecule has 5 aromatic carbocycles. The highest BCUT2D eigenvalue weighted by Crippen LogP contribution is 2.37. The standard InChI is InChI=1S/C33H26N4/c1-20-13-25-15-24-10-9-23-11-12-27(17-29(23)28(24)16-26(25)14-21(20)2)36-31-30(22-7-5-4-6-8-22)18-34-33-32(31)37(3)19-35-33/h4-19H,1-3H3,(H,34,36). The molecule has 0 bridgehead atoms. The van der Waals surface area contributed by atoms with E-state index in [2.05, 4.69) is 108 Å². The summed E-state index contributed by atoms with van der Waals surface area (Å²) >= 11 is 0. The Morgan fingerprint density at radius 3 is 2.19 bits per heavy atom. The van der Waals surface area contributed by atoms with E-state index < -0.39 is 0 Å². The van der Waals surface area contributed by atoms with Crippen LogP contribution in [0.1, 0.15) is 11.1 Å². The molecule has 0 amide bonds. The molecule has 0 spiro atoms. The Labute approximate surface area is 215 Å². The van der Waals surface area contributed by atoms with Gasteiger partial charge in [-0.3, -0.25) is 0 Å². The average molecular weight is 479 g/mol. The minimum absolute atomic E-state index is 0.730. The van der Waals surface area contributed by atoms with E-state index in [-0.39, 0.29) is 0 Å². The molecular weight excluding hydrogens is 452 g/mol. The lowest BCUT2D eigenvalue weighted by molar-refractivity contribution is 0.948. The molecule has 7 aromatic rings. The number of fused-ring (bicyclic) bond motifs is 5. The van der Waals surface area contributed by atoms with Crippen molar-refractivity contribution in [2.24, 2.45) is 7.05 Å². The van der Waals surface area contributed by atoms with E-state index in [0.29, 0.717) is 0 Å². The average Bonchev–Trinajstić information content (AvgIpc) is 3.30. The number of pyridine rings is 1. The topological polar surface area (TPSA) is 42.7 Å². The Bertz CT molecular complexity index is 1980. The number of hydrogen-bond acceptors (Lipinski definition) is 3. The summed E-state index contributed by atoms with van der Waals surface area (Å²) in [6, 6.07) is 30.7. The lowest BCUT2D eigenvalue weighted by atomic mass is 9.95. The third-order valence-electron chi connectivity index (χ3n) is 7.50. The predicted octanol–water partition coefficient (Wildman–Crippen LogP) is 8.46. The van der Waals surface area contributed by atoms with Crippen LogP contribution in [0, 0.1) is 13.8 Å². The third kappa shape index (κ3) is 3.53. The highest BCUT2D eigenvalue weighted by molar-refractivity contribution is 6.13. The summed E-state index contributed by atoms with van der Waals surface area (Å²) in [5.41, 5.74) is 8.56. The Morgan fingerprint density at radius 1 is 0.676 bits per heavy atom. The summed E-state index contributed by atoms with van der Waals surface area (Å²) < 4.78 is 2.03. The van der Waals surface area contributed by atoms with Crippen LogP contribution in [0.15, 0.2) is 97.5 Å². The van der Waals surface area contributed by atoms with E-state index in [1.165, 1.54) is 43.4 Å². The summed E-state index contributed by atoms with van der Waals surface area (Å²) in [4.78, 5) is 9.14. The van der Waals surface area contributed by atoms with Crippen molar-refractivity contribution in [1.29, 1.82) is 0 Å². The van der Waals surface area contributed by atoms with Gasteiger partial charge in [-0.1, -0.05) is 60.7 Å². The van der Waals surface area contributed by atoms with Crippen LogP contribution in [-0.2, 0) is 7.05 Å². The van der Waals surface area contributed by atoms with Gasteiger partial charge < -0.3 is 9.88 Å². The summed E-state index contributed by atoms with van der Waals surface area (Å²) in [6.07, 6.45) is 3.74. The quantitative estimate of drug-likeness (QED) is 0.205. The number of nitrogens with one attached hydrogen (secondary N) is 1. The molecule has 0 unspecified atom stereocenters. The molecule has 37 heavy (non-hydrogen) atoms. The zero-order chi connectivity index (χ0) is 25.1. The molecule has 1 N–H and O–H groups in total. The van der Waals surface area contributed by atoms with Gasteiger partial charge in [0.25, 0.3) is 0 Å². The second kappa shape index (κ2) is 8.17. The number of imidazole rings is 1. The minimum Gasteiger partial charge on any atom is -0.353 e. The molecule has 7 rings (SSSR count). The Kier molecular flexibility index (Phi) is 4.76. The van der Waals surface area contributed by atoms with E-state index in [1.54, 1.807) is 0 Å². The first-order chi connectivity index (χ1) is 18.0. The number of aromatic nitrogens is 3. The molecule has 0 fully saturated rings. The Balaban J connectivity index is 1.43. The Hall–Kier alpha value is -4.70. The van der Waals surface area contributed by atoms with Crippen LogP contribution in [0.2, 0.25) is 0 Å². The highest BCUT2D eigenvalue weighted by Gasteiger charge is 2.15. The molecule has 0 saturated heterocycles. The van der Waals surface area contributed by atoms with E-state index in [0.717, 1.165) is 33.7 Å². The maximum atomic E-state index is 4.64. The van der Waals surface area contributed by atoms with Crippen LogP contribution >= 0.6 is 0 Å². The number of hydrogen-bond donors (Lipinski definition) is 1. The van der Waals surface area contributed by atoms with Gasteiger partial charge in [0.2, 0.25) is 0 Å². The Morgan fingerprint density at radius 2 is 1.38 bits per heavy atom. The molecule has 4 nitrogen and oxygen atoms in total. The van der Waals surface area contributed by atoms with Gasteiger partial charge in [-0.05, 0) is 87.1 Å². The first kappa shape index (κ1) is 21.6. The highest BCUT2D eigenvalue weighted by atomic mass is 15.1. The summed E-state index contributed by atoms with van der Waals surface area (Å²) in [5.74, 6) is 0. The van der Waals surface area contributed by atoms with E-state index >= 15 is 0 Å². The molecule has 178 valence electrons. The third-order valence-corrected chi connectivity index (χ3v) is 7.50. The zero-order valence-electron chi connectivity index (χ0n) is 21.1. The molecule has 2 heterocycles. The van der Waals surface area contributed by atoms with Gasteiger partial charge in [-0.2, -0.15) is 0 Å². The monoisotopic (exact) mass is 478 g/mol.